The van der Waals surface area contributed by atoms with Crippen molar-refractivity contribution in [2.24, 2.45) is 0 Å². The van der Waals surface area contributed by atoms with Gasteiger partial charge in [0.2, 0.25) is 5.91 Å². The Morgan fingerprint density at radius 2 is 2.04 bits per heavy atom. The van der Waals surface area contributed by atoms with Crippen molar-refractivity contribution >= 4 is 29.2 Å². The number of aromatic nitrogens is 2. The molecule has 7 heteroatoms. The van der Waals surface area contributed by atoms with E-state index in [2.05, 4.69) is 22.5 Å². The first-order valence-electron chi connectivity index (χ1n) is 7.55. The van der Waals surface area contributed by atoms with E-state index < -0.39 is 0 Å². The van der Waals surface area contributed by atoms with Gasteiger partial charge in [0.25, 0.3) is 5.56 Å². The molecular weight excluding hydrogens is 316 g/mol. The number of nitrogens with one attached hydrogen (secondary N) is 2. The third kappa shape index (κ3) is 5.04. The molecule has 2 aromatic rings. The highest BCUT2D eigenvalue weighted by Crippen LogP contribution is 2.10. The number of halogens is 1. The zero-order valence-electron chi connectivity index (χ0n) is 13.5. The molecule has 0 aliphatic carbocycles. The Hall–Kier alpha value is -1.92. The van der Waals surface area contributed by atoms with Gasteiger partial charge in [0, 0.05) is 13.1 Å². The summed E-state index contributed by atoms with van der Waals surface area (Å²) < 4.78 is 1.34. The molecule has 126 valence electrons. The molecule has 6 nitrogen and oxygen atoms in total. The Morgan fingerprint density at radius 1 is 1.26 bits per heavy atom. The topological polar surface area (TPSA) is 76.0 Å². The van der Waals surface area contributed by atoms with E-state index in [1.807, 2.05) is 19.1 Å². The lowest BCUT2D eigenvalue weighted by molar-refractivity contribution is -0.121. The van der Waals surface area contributed by atoms with Crippen LogP contribution in [0.3, 0.4) is 0 Å². The van der Waals surface area contributed by atoms with Crippen LogP contribution in [0.25, 0.3) is 10.9 Å². The quantitative estimate of drug-likeness (QED) is 0.745. The van der Waals surface area contributed by atoms with E-state index in [9.17, 15) is 9.59 Å². The molecule has 0 aliphatic rings. The largest absolute Gasteiger partial charge is 0.353 e. The van der Waals surface area contributed by atoms with Crippen molar-refractivity contribution in [2.75, 3.05) is 19.6 Å². The number of carbonyl (C=O) groups is 1. The van der Waals surface area contributed by atoms with Crippen LogP contribution in [0.5, 0.6) is 0 Å². The first-order chi connectivity index (χ1) is 10.6. The molecular formula is C16H23ClN4O2. The minimum absolute atomic E-state index is 0. The van der Waals surface area contributed by atoms with Crippen molar-refractivity contribution in [1.29, 1.82) is 0 Å². The number of hydrogen-bond acceptors (Lipinski definition) is 4. The normalized spacial score (nSPS) is 10.3. The molecule has 0 fully saturated rings. The zero-order valence-corrected chi connectivity index (χ0v) is 14.3. The monoisotopic (exact) mass is 338 g/mol. The molecule has 1 aromatic carbocycles. The highest BCUT2D eigenvalue weighted by atomic mass is 35.5. The molecule has 2 N–H and O–H groups in total. The highest BCUT2D eigenvalue weighted by molar-refractivity contribution is 5.85. The molecule has 0 saturated heterocycles. The molecule has 0 saturated carbocycles. The molecule has 1 heterocycles. The van der Waals surface area contributed by atoms with E-state index in [1.165, 1.54) is 10.9 Å². The van der Waals surface area contributed by atoms with Gasteiger partial charge in [0.15, 0.2) is 0 Å². The van der Waals surface area contributed by atoms with Crippen LogP contribution in [0, 0.1) is 6.92 Å². The van der Waals surface area contributed by atoms with Gasteiger partial charge in [-0.25, -0.2) is 4.98 Å². The number of amides is 1. The Morgan fingerprint density at radius 3 is 2.78 bits per heavy atom. The van der Waals surface area contributed by atoms with Crippen molar-refractivity contribution in [1.82, 2.24) is 20.2 Å². The molecule has 23 heavy (non-hydrogen) atoms. The number of rotatable bonds is 7. The lowest BCUT2D eigenvalue weighted by Gasteiger charge is -2.09. The number of carbonyl (C=O) groups excluding carboxylic acids is 1. The molecule has 1 amide bonds. The zero-order chi connectivity index (χ0) is 15.9. The predicted molar refractivity (Wildman–Crippen MR) is 94.2 cm³/mol. The van der Waals surface area contributed by atoms with Crippen molar-refractivity contribution in [3.63, 3.8) is 0 Å². The van der Waals surface area contributed by atoms with Gasteiger partial charge in [0.1, 0.15) is 6.54 Å². The molecule has 0 atom stereocenters. The van der Waals surface area contributed by atoms with Crippen molar-refractivity contribution in [3.8, 4) is 0 Å². The second kappa shape index (κ2) is 9.27. The fourth-order valence-corrected chi connectivity index (χ4v) is 2.25. The fourth-order valence-electron chi connectivity index (χ4n) is 2.25. The second-order valence-corrected chi connectivity index (χ2v) is 5.25. The Labute approximate surface area is 141 Å². The molecule has 0 aliphatic heterocycles. The summed E-state index contributed by atoms with van der Waals surface area (Å²) in [6.45, 7) is 6.20. The maximum Gasteiger partial charge on any atom is 0.261 e. The van der Waals surface area contributed by atoms with E-state index in [0.29, 0.717) is 17.4 Å². The van der Waals surface area contributed by atoms with Gasteiger partial charge < -0.3 is 10.6 Å². The van der Waals surface area contributed by atoms with Gasteiger partial charge in [-0.2, -0.15) is 0 Å². The summed E-state index contributed by atoms with van der Waals surface area (Å²) in [5.41, 5.74) is 1.45. The Kier molecular flexibility index (Phi) is 7.71. The van der Waals surface area contributed by atoms with E-state index in [0.717, 1.165) is 25.1 Å². The van der Waals surface area contributed by atoms with E-state index in [4.69, 9.17) is 0 Å². The smallest absolute Gasteiger partial charge is 0.261 e. The van der Waals surface area contributed by atoms with Gasteiger partial charge in [-0.1, -0.05) is 19.1 Å². The van der Waals surface area contributed by atoms with Gasteiger partial charge in [-0.05, 0) is 31.5 Å². The molecule has 2 rings (SSSR count). The Balaban J connectivity index is 0.00000264. The van der Waals surface area contributed by atoms with Crippen molar-refractivity contribution in [2.45, 2.75) is 26.8 Å². The average Bonchev–Trinajstić information content (AvgIpc) is 2.50. The summed E-state index contributed by atoms with van der Waals surface area (Å²) in [5.74, 6) is -0.186. The summed E-state index contributed by atoms with van der Waals surface area (Å²) in [7, 11) is 0. The van der Waals surface area contributed by atoms with Crippen molar-refractivity contribution < 1.29 is 4.79 Å². The van der Waals surface area contributed by atoms with Crippen LogP contribution in [-0.4, -0.2) is 35.1 Å². The van der Waals surface area contributed by atoms with Crippen LogP contribution in [0.4, 0.5) is 0 Å². The third-order valence-corrected chi connectivity index (χ3v) is 3.42. The second-order valence-electron chi connectivity index (χ2n) is 5.25. The number of para-hydroxylation sites is 1. The number of hydrogen-bond donors (Lipinski definition) is 2. The van der Waals surface area contributed by atoms with E-state index >= 15 is 0 Å². The van der Waals surface area contributed by atoms with Crippen molar-refractivity contribution in [3.05, 3.63) is 40.4 Å². The lowest BCUT2D eigenvalue weighted by atomic mass is 10.1. The number of aryl methyl sites for hydroxylation is 1. The number of benzene rings is 1. The van der Waals surface area contributed by atoms with Gasteiger partial charge >= 0.3 is 0 Å². The average molecular weight is 339 g/mol. The number of nitrogens with zero attached hydrogens (tertiary/aromatic N) is 2. The first-order valence-corrected chi connectivity index (χ1v) is 7.55. The lowest BCUT2D eigenvalue weighted by Crippen LogP contribution is -2.36. The third-order valence-electron chi connectivity index (χ3n) is 3.42. The predicted octanol–water partition coefficient (Wildman–Crippen LogP) is 1.24. The molecule has 0 bridgehead atoms. The molecule has 0 unspecified atom stereocenters. The van der Waals surface area contributed by atoms with E-state index in [1.54, 1.807) is 6.07 Å². The van der Waals surface area contributed by atoms with Crippen LogP contribution in [-0.2, 0) is 11.3 Å². The summed E-state index contributed by atoms with van der Waals surface area (Å²) in [6.07, 6.45) is 2.50. The van der Waals surface area contributed by atoms with Crippen LogP contribution in [0.2, 0.25) is 0 Å². The van der Waals surface area contributed by atoms with Gasteiger partial charge in [-0.15, -0.1) is 12.4 Å². The summed E-state index contributed by atoms with van der Waals surface area (Å²) in [5, 5.41) is 6.53. The van der Waals surface area contributed by atoms with Gasteiger partial charge in [-0.3, -0.25) is 14.2 Å². The number of fused-ring (bicyclic) bond motifs is 1. The van der Waals surface area contributed by atoms with Gasteiger partial charge in [0.05, 0.1) is 17.2 Å². The highest BCUT2D eigenvalue weighted by Gasteiger charge is 2.08. The Bertz CT molecular complexity index is 715. The summed E-state index contributed by atoms with van der Waals surface area (Å²) in [6, 6.07) is 5.47. The van der Waals surface area contributed by atoms with Crippen LogP contribution < -0.4 is 16.2 Å². The minimum atomic E-state index is -0.187. The summed E-state index contributed by atoms with van der Waals surface area (Å²) in [4.78, 5) is 28.5. The first kappa shape index (κ1) is 19.1. The maximum absolute atomic E-state index is 12.4. The standard InChI is InChI=1S/C16H22N4O2.ClH/c1-3-7-17-8-9-18-14(21)10-20-11-19-15-12(2)5-4-6-13(15)16(20)22;/h4-6,11,17H,3,7-10H2,1-2H3,(H,18,21);1H. The molecule has 0 spiro atoms. The van der Waals surface area contributed by atoms with E-state index in [-0.39, 0.29) is 30.4 Å². The van der Waals surface area contributed by atoms with Crippen LogP contribution in [0.1, 0.15) is 18.9 Å². The SMILES string of the molecule is CCCNCCNC(=O)Cn1cnc2c(C)cccc2c1=O.Cl. The molecule has 0 radical (unpaired) electrons. The minimum Gasteiger partial charge on any atom is -0.353 e. The summed E-state index contributed by atoms with van der Waals surface area (Å²) >= 11 is 0. The molecule has 1 aromatic heterocycles. The fraction of sp³-hybridized carbons (Fsp3) is 0.438. The maximum atomic E-state index is 12.4. The van der Waals surface area contributed by atoms with Crippen LogP contribution >= 0.6 is 12.4 Å². The van der Waals surface area contributed by atoms with Crippen LogP contribution in [0.15, 0.2) is 29.3 Å².